The summed E-state index contributed by atoms with van der Waals surface area (Å²) in [5.74, 6) is -0.799. The summed E-state index contributed by atoms with van der Waals surface area (Å²) in [6, 6.07) is 19.7. The average molecular weight is 357 g/mol. The molecule has 2 aliphatic rings. The normalized spacial score (nSPS) is 31.1. The van der Waals surface area contributed by atoms with Gasteiger partial charge in [-0.2, -0.15) is 0 Å². The first-order valence-corrected chi connectivity index (χ1v) is 10.3. The van der Waals surface area contributed by atoms with Gasteiger partial charge in [0.1, 0.15) is 5.25 Å². The van der Waals surface area contributed by atoms with E-state index in [1.54, 1.807) is 7.05 Å². The van der Waals surface area contributed by atoms with Gasteiger partial charge in [0, 0.05) is 18.4 Å². The van der Waals surface area contributed by atoms with Crippen LogP contribution in [0.2, 0.25) is 0 Å². The molecule has 0 radical (unpaired) electrons. The molecule has 2 fully saturated rings. The third-order valence-electron chi connectivity index (χ3n) is 5.19. The number of benzene rings is 2. The molecule has 0 N–H and O–H groups in total. The van der Waals surface area contributed by atoms with E-state index >= 15 is 0 Å². The van der Waals surface area contributed by atoms with E-state index in [0.29, 0.717) is 13.0 Å². The molecule has 0 bridgehead atoms. The van der Waals surface area contributed by atoms with Crippen molar-refractivity contribution < 1.29 is 13.7 Å². The molecule has 25 heavy (non-hydrogen) atoms. The number of rotatable bonds is 3. The molecule has 4 rings (SSSR count). The summed E-state index contributed by atoms with van der Waals surface area (Å²) >= 11 is 0. The Labute approximate surface area is 149 Å². The van der Waals surface area contributed by atoms with Crippen molar-refractivity contribution in [3.8, 4) is 0 Å². The summed E-state index contributed by atoms with van der Waals surface area (Å²) in [6.45, 7) is 0.645. The van der Waals surface area contributed by atoms with E-state index in [0.717, 1.165) is 23.3 Å². The summed E-state index contributed by atoms with van der Waals surface area (Å²) < 4.78 is 30.8. The van der Waals surface area contributed by atoms with Crippen LogP contribution in [0.5, 0.6) is 0 Å². The van der Waals surface area contributed by atoms with Crippen LogP contribution in [0.3, 0.4) is 0 Å². The lowest BCUT2D eigenvalue weighted by Crippen LogP contribution is -2.43. The summed E-state index contributed by atoms with van der Waals surface area (Å²) in [4.78, 5) is 0.759. The van der Waals surface area contributed by atoms with Crippen LogP contribution in [0.1, 0.15) is 30.9 Å². The molecule has 4 atom stereocenters. The summed E-state index contributed by atoms with van der Waals surface area (Å²) in [5, 5.41) is -0.278. The minimum Gasteiger partial charge on any atom is -0.349 e. The Morgan fingerprint density at radius 2 is 1.76 bits per heavy atom. The van der Waals surface area contributed by atoms with Crippen molar-refractivity contribution in [1.82, 2.24) is 0 Å². The summed E-state index contributed by atoms with van der Waals surface area (Å²) in [5.41, 5.74) is 1.10. The highest BCUT2D eigenvalue weighted by atomic mass is 32.2. The maximum atomic E-state index is 14.0. The SMILES string of the molecule is CN=S(=O)(c1ccccc1)C1CC(c2ccccc2)OC12CCCO2. The molecule has 0 aromatic heterocycles. The van der Waals surface area contributed by atoms with Crippen molar-refractivity contribution in [2.75, 3.05) is 13.7 Å². The Hall–Kier alpha value is -1.69. The Balaban J connectivity index is 1.78. The molecular formula is C20H23NO3S. The van der Waals surface area contributed by atoms with Gasteiger partial charge in [-0.15, -0.1) is 0 Å². The lowest BCUT2D eigenvalue weighted by molar-refractivity contribution is -0.198. The van der Waals surface area contributed by atoms with Crippen LogP contribution in [0.25, 0.3) is 0 Å². The van der Waals surface area contributed by atoms with Crippen LogP contribution in [0, 0.1) is 0 Å². The Kier molecular flexibility index (Phi) is 4.40. The molecule has 4 nitrogen and oxygen atoms in total. The van der Waals surface area contributed by atoms with Gasteiger partial charge < -0.3 is 9.47 Å². The van der Waals surface area contributed by atoms with Crippen molar-refractivity contribution >= 4 is 9.73 Å². The molecule has 132 valence electrons. The van der Waals surface area contributed by atoms with E-state index in [-0.39, 0.29) is 11.4 Å². The molecule has 2 aliphatic heterocycles. The molecule has 2 heterocycles. The van der Waals surface area contributed by atoms with E-state index in [9.17, 15) is 4.21 Å². The monoisotopic (exact) mass is 357 g/mol. The molecule has 2 aromatic carbocycles. The first kappa shape index (κ1) is 16.8. The number of hydrogen-bond acceptors (Lipinski definition) is 4. The summed E-state index contributed by atoms with van der Waals surface area (Å²) in [6.07, 6.45) is 2.22. The van der Waals surface area contributed by atoms with Gasteiger partial charge in [-0.3, -0.25) is 0 Å². The molecular weight excluding hydrogens is 334 g/mol. The van der Waals surface area contributed by atoms with Crippen molar-refractivity contribution in [2.45, 2.75) is 41.3 Å². The van der Waals surface area contributed by atoms with E-state index in [1.807, 2.05) is 48.5 Å². The van der Waals surface area contributed by atoms with Gasteiger partial charge in [0.05, 0.1) is 22.4 Å². The number of ether oxygens (including phenoxy) is 2. The van der Waals surface area contributed by atoms with Crippen LogP contribution in [0.15, 0.2) is 69.9 Å². The third-order valence-corrected chi connectivity index (χ3v) is 8.00. The van der Waals surface area contributed by atoms with Gasteiger partial charge in [-0.05, 0) is 30.5 Å². The average Bonchev–Trinajstić information content (AvgIpc) is 3.31. The van der Waals surface area contributed by atoms with Gasteiger partial charge >= 0.3 is 0 Å². The van der Waals surface area contributed by atoms with Crippen LogP contribution < -0.4 is 0 Å². The maximum absolute atomic E-state index is 14.0. The van der Waals surface area contributed by atoms with Gasteiger partial charge in [-0.1, -0.05) is 48.5 Å². The second-order valence-corrected chi connectivity index (χ2v) is 9.11. The van der Waals surface area contributed by atoms with E-state index in [1.165, 1.54) is 0 Å². The Bertz CT molecular complexity index is 838. The predicted octanol–water partition coefficient (Wildman–Crippen LogP) is 4.18. The molecule has 1 spiro atoms. The fourth-order valence-corrected chi connectivity index (χ4v) is 6.48. The molecule has 0 aliphatic carbocycles. The van der Waals surface area contributed by atoms with Crippen molar-refractivity contribution in [3.63, 3.8) is 0 Å². The zero-order valence-electron chi connectivity index (χ0n) is 14.3. The van der Waals surface area contributed by atoms with Crippen molar-refractivity contribution in [2.24, 2.45) is 4.36 Å². The molecule has 5 heteroatoms. The van der Waals surface area contributed by atoms with E-state index in [2.05, 4.69) is 16.5 Å². The fourth-order valence-electron chi connectivity index (χ4n) is 3.98. The lowest BCUT2D eigenvalue weighted by atomic mass is 10.0. The van der Waals surface area contributed by atoms with Crippen LogP contribution in [0.4, 0.5) is 0 Å². The molecule has 2 saturated heterocycles. The Morgan fingerprint density at radius 1 is 1.08 bits per heavy atom. The highest BCUT2D eigenvalue weighted by Crippen LogP contribution is 2.50. The van der Waals surface area contributed by atoms with Gasteiger partial charge in [0.2, 0.25) is 0 Å². The van der Waals surface area contributed by atoms with E-state index in [4.69, 9.17) is 9.47 Å². The lowest BCUT2D eigenvalue weighted by Gasteiger charge is -2.31. The first-order chi connectivity index (χ1) is 12.2. The van der Waals surface area contributed by atoms with Crippen molar-refractivity contribution in [1.29, 1.82) is 0 Å². The number of nitrogens with zero attached hydrogens (tertiary/aromatic N) is 1. The molecule has 2 aromatic rings. The zero-order chi connectivity index (χ0) is 17.3. The van der Waals surface area contributed by atoms with Gasteiger partial charge in [0.15, 0.2) is 5.79 Å². The maximum Gasteiger partial charge on any atom is 0.184 e. The van der Waals surface area contributed by atoms with Crippen LogP contribution in [-0.4, -0.2) is 28.9 Å². The topological polar surface area (TPSA) is 47.9 Å². The highest BCUT2D eigenvalue weighted by molar-refractivity contribution is 7.94. The first-order valence-electron chi connectivity index (χ1n) is 8.74. The summed E-state index contributed by atoms with van der Waals surface area (Å²) in [7, 11) is -0.995. The van der Waals surface area contributed by atoms with E-state index < -0.39 is 15.5 Å². The fraction of sp³-hybridized carbons (Fsp3) is 0.400. The minimum absolute atomic E-state index is 0.115. The second kappa shape index (κ2) is 6.56. The largest absolute Gasteiger partial charge is 0.349 e. The molecule has 4 unspecified atom stereocenters. The zero-order valence-corrected chi connectivity index (χ0v) is 15.2. The second-order valence-electron chi connectivity index (χ2n) is 6.57. The molecule has 0 amide bonds. The highest BCUT2D eigenvalue weighted by Gasteiger charge is 2.56. The number of hydrogen-bond donors (Lipinski definition) is 0. The minimum atomic E-state index is -2.64. The van der Waals surface area contributed by atoms with Crippen LogP contribution in [-0.2, 0) is 19.2 Å². The molecule has 0 saturated carbocycles. The Morgan fingerprint density at radius 3 is 2.36 bits per heavy atom. The quantitative estimate of drug-likeness (QED) is 0.828. The smallest absolute Gasteiger partial charge is 0.184 e. The standard InChI is InChI=1S/C20H23NO3S/c1-21-25(22,17-11-6-3-7-12-17)19-15-18(16-9-4-2-5-10-16)24-20(19)13-8-14-23-20/h2-7,9-12,18-19H,8,13-15H2,1H3. The third kappa shape index (κ3) is 2.80. The van der Waals surface area contributed by atoms with Crippen molar-refractivity contribution in [3.05, 3.63) is 66.2 Å². The predicted molar refractivity (Wildman–Crippen MR) is 97.8 cm³/mol. The van der Waals surface area contributed by atoms with Gasteiger partial charge in [0.25, 0.3) is 0 Å². The van der Waals surface area contributed by atoms with Gasteiger partial charge in [-0.25, -0.2) is 8.57 Å². The van der Waals surface area contributed by atoms with Crippen LogP contribution >= 0.6 is 0 Å².